The van der Waals surface area contributed by atoms with E-state index in [1.165, 1.54) is 6.07 Å². The molecule has 4 aliphatic rings. The van der Waals surface area contributed by atoms with Crippen LogP contribution >= 0.6 is 11.6 Å². The quantitative estimate of drug-likeness (QED) is 0.754. The van der Waals surface area contributed by atoms with E-state index in [4.69, 9.17) is 11.6 Å². The maximum atomic E-state index is 12.9. The fourth-order valence-electron chi connectivity index (χ4n) is 5.93. The van der Waals surface area contributed by atoms with Gasteiger partial charge in [0.2, 0.25) is 5.78 Å². The average Bonchev–Trinajstić information content (AvgIpc) is 2.69. The first-order valence-corrected chi connectivity index (χ1v) is 10.6. The second-order valence-corrected chi connectivity index (χ2v) is 9.34. The lowest BCUT2D eigenvalue weighted by molar-refractivity contribution is -0.136. The summed E-state index contributed by atoms with van der Waals surface area (Å²) in [5, 5.41) is 14.2. The Morgan fingerprint density at radius 1 is 1.10 bits per heavy atom. The Bertz CT molecular complexity index is 961. The van der Waals surface area contributed by atoms with Gasteiger partial charge in [-0.15, -0.1) is 0 Å². The molecule has 2 N–H and O–H groups in total. The van der Waals surface area contributed by atoms with Crippen molar-refractivity contribution >= 4 is 23.3 Å². The molecule has 4 fully saturated rings. The highest BCUT2D eigenvalue weighted by Gasteiger charge is 2.55. The molecule has 1 aromatic heterocycles. The van der Waals surface area contributed by atoms with E-state index in [1.54, 1.807) is 36.5 Å². The zero-order valence-electron chi connectivity index (χ0n) is 16.0. The Morgan fingerprint density at radius 2 is 1.86 bits per heavy atom. The number of halogens is 1. The van der Waals surface area contributed by atoms with Crippen LogP contribution in [0.5, 0.6) is 0 Å². The first-order chi connectivity index (χ1) is 13.9. The molecular formula is C23H23ClN2O3. The Kier molecular flexibility index (Phi) is 4.48. The highest BCUT2D eigenvalue weighted by Crippen LogP contribution is 2.55. The third-order valence-electron chi connectivity index (χ3n) is 6.91. The molecule has 5 nitrogen and oxygen atoms in total. The van der Waals surface area contributed by atoms with E-state index in [2.05, 4.69) is 10.3 Å². The molecule has 1 aromatic carbocycles. The van der Waals surface area contributed by atoms with Gasteiger partial charge in [0.25, 0.3) is 5.91 Å². The standard InChI is InChI=1S/C23H23ClN2O3/c24-18-9-14(21(27)19-3-1-2-6-25-19)4-5-17(18)22(28)26-20-15-7-13-8-16(20)12-23(29,10-13)11-15/h1-6,9,13,15-16,20,29H,7-8,10-12H2,(H,26,28)/t13?,15?,16?,20-,23-. The summed E-state index contributed by atoms with van der Waals surface area (Å²) in [6, 6.07) is 10.0. The molecule has 2 unspecified atom stereocenters. The number of benzene rings is 1. The van der Waals surface area contributed by atoms with Crippen molar-refractivity contribution in [2.24, 2.45) is 17.8 Å². The van der Waals surface area contributed by atoms with Crippen molar-refractivity contribution in [3.05, 3.63) is 64.4 Å². The van der Waals surface area contributed by atoms with Gasteiger partial charge in [0.05, 0.1) is 16.2 Å². The van der Waals surface area contributed by atoms with Crippen LogP contribution in [0.25, 0.3) is 0 Å². The topological polar surface area (TPSA) is 79.3 Å². The highest BCUT2D eigenvalue weighted by atomic mass is 35.5. The number of rotatable bonds is 4. The smallest absolute Gasteiger partial charge is 0.253 e. The monoisotopic (exact) mass is 410 g/mol. The molecule has 2 aromatic rings. The number of aromatic nitrogens is 1. The van der Waals surface area contributed by atoms with Crippen LogP contribution in [0.1, 0.15) is 58.5 Å². The van der Waals surface area contributed by atoms with E-state index in [1.807, 2.05) is 0 Å². The molecule has 0 saturated heterocycles. The lowest BCUT2D eigenvalue weighted by atomic mass is 9.52. The lowest BCUT2D eigenvalue weighted by Gasteiger charge is -2.58. The highest BCUT2D eigenvalue weighted by molar-refractivity contribution is 6.34. The predicted molar refractivity (Wildman–Crippen MR) is 109 cm³/mol. The maximum Gasteiger partial charge on any atom is 0.253 e. The van der Waals surface area contributed by atoms with E-state index < -0.39 is 5.60 Å². The SMILES string of the molecule is O=C(c1ccc(C(=O)N[C@H]2C3CC4CC2C[C@](O)(C4)C3)c(Cl)c1)c1ccccn1. The van der Waals surface area contributed by atoms with E-state index in [9.17, 15) is 14.7 Å². The minimum absolute atomic E-state index is 0.0882. The number of nitrogens with zero attached hydrogens (tertiary/aromatic N) is 1. The average molecular weight is 411 g/mol. The second-order valence-electron chi connectivity index (χ2n) is 8.93. The fourth-order valence-corrected chi connectivity index (χ4v) is 6.20. The Balaban J connectivity index is 1.33. The predicted octanol–water partition coefficient (Wildman–Crippen LogP) is 3.64. The van der Waals surface area contributed by atoms with Crippen LogP contribution in [-0.4, -0.2) is 33.4 Å². The molecule has 0 aliphatic heterocycles. The first kappa shape index (κ1) is 18.8. The van der Waals surface area contributed by atoms with Crippen molar-refractivity contribution in [2.75, 3.05) is 0 Å². The summed E-state index contributed by atoms with van der Waals surface area (Å²) in [6.07, 6.45) is 6.19. The Hall–Kier alpha value is -2.24. The summed E-state index contributed by atoms with van der Waals surface area (Å²) in [6.45, 7) is 0. The minimum atomic E-state index is -0.525. The van der Waals surface area contributed by atoms with Gasteiger partial charge < -0.3 is 10.4 Å². The van der Waals surface area contributed by atoms with Crippen LogP contribution in [0, 0.1) is 17.8 Å². The van der Waals surface area contributed by atoms with Gasteiger partial charge >= 0.3 is 0 Å². The van der Waals surface area contributed by atoms with E-state index in [0.717, 1.165) is 32.1 Å². The maximum absolute atomic E-state index is 12.9. The van der Waals surface area contributed by atoms with Crippen molar-refractivity contribution in [3.63, 3.8) is 0 Å². The van der Waals surface area contributed by atoms with Crippen molar-refractivity contribution in [1.29, 1.82) is 0 Å². The first-order valence-electron chi connectivity index (χ1n) is 10.2. The van der Waals surface area contributed by atoms with Crippen molar-refractivity contribution < 1.29 is 14.7 Å². The molecule has 4 saturated carbocycles. The van der Waals surface area contributed by atoms with Crippen molar-refractivity contribution in [3.8, 4) is 0 Å². The van der Waals surface area contributed by atoms with Gasteiger partial charge in [-0.25, -0.2) is 0 Å². The van der Waals surface area contributed by atoms with Crippen LogP contribution < -0.4 is 5.32 Å². The summed E-state index contributed by atoms with van der Waals surface area (Å²) < 4.78 is 0. The second kappa shape index (κ2) is 6.92. The lowest BCUT2D eigenvalue weighted by Crippen LogP contribution is -2.61. The van der Waals surface area contributed by atoms with E-state index in [-0.39, 0.29) is 22.8 Å². The summed E-state index contributed by atoms with van der Waals surface area (Å²) >= 11 is 6.37. The zero-order valence-corrected chi connectivity index (χ0v) is 16.7. The van der Waals surface area contributed by atoms with E-state index in [0.29, 0.717) is 34.6 Å². The molecule has 150 valence electrons. The molecular weight excluding hydrogens is 388 g/mol. The molecule has 0 radical (unpaired) electrons. The molecule has 4 bridgehead atoms. The third-order valence-corrected chi connectivity index (χ3v) is 7.22. The van der Waals surface area contributed by atoms with Crippen LogP contribution in [0.3, 0.4) is 0 Å². The Labute approximate surface area is 174 Å². The number of ketones is 1. The minimum Gasteiger partial charge on any atom is -0.390 e. The molecule has 4 aliphatic carbocycles. The molecule has 29 heavy (non-hydrogen) atoms. The summed E-state index contributed by atoms with van der Waals surface area (Å²) in [7, 11) is 0. The van der Waals surface area contributed by atoms with Crippen LogP contribution in [-0.2, 0) is 0 Å². The van der Waals surface area contributed by atoms with Crippen molar-refractivity contribution in [1.82, 2.24) is 10.3 Å². The summed E-state index contributed by atoms with van der Waals surface area (Å²) in [5.41, 5.74) is 0.592. The van der Waals surface area contributed by atoms with Gasteiger partial charge in [-0.05, 0) is 74.1 Å². The third kappa shape index (κ3) is 3.36. The van der Waals surface area contributed by atoms with E-state index >= 15 is 0 Å². The number of pyridine rings is 1. The Morgan fingerprint density at radius 3 is 2.48 bits per heavy atom. The number of nitrogens with one attached hydrogen (secondary N) is 1. The number of aliphatic hydroxyl groups is 1. The van der Waals surface area contributed by atoms with Crippen LogP contribution in [0.15, 0.2) is 42.6 Å². The number of hydrogen-bond donors (Lipinski definition) is 2. The van der Waals surface area contributed by atoms with Gasteiger partial charge in [-0.1, -0.05) is 23.7 Å². The number of amides is 1. The normalized spacial score (nSPS) is 32.2. The molecule has 1 heterocycles. The zero-order chi connectivity index (χ0) is 20.2. The van der Waals surface area contributed by atoms with Gasteiger partial charge in [-0.3, -0.25) is 14.6 Å². The van der Waals surface area contributed by atoms with Crippen molar-refractivity contribution in [2.45, 2.75) is 43.7 Å². The molecule has 2 atom stereocenters. The van der Waals surface area contributed by atoms with Crippen LogP contribution in [0.2, 0.25) is 5.02 Å². The summed E-state index contributed by atoms with van der Waals surface area (Å²) in [5.74, 6) is 0.814. The van der Waals surface area contributed by atoms with Crippen LogP contribution in [0.4, 0.5) is 0 Å². The molecule has 6 heteroatoms. The fraction of sp³-hybridized carbons (Fsp3) is 0.435. The van der Waals surface area contributed by atoms with Gasteiger partial charge in [-0.2, -0.15) is 0 Å². The largest absolute Gasteiger partial charge is 0.390 e. The van der Waals surface area contributed by atoms with Gasteiger partial charge in [0.1, 0.15) is 5.69 Å². The number of hydrogen-bond acceptors (Lipinski definition) is 4. The summed E-state index contributed by atoms with van der Waals surface area (Å²) in [4.78, 5) is 29.6. The molecule has 1 amide bonds. The molecule has 6 rings (SSSR count). The number of carbonyl (C=O) groups is 2. The molecule has 0 spiro atoms. The van der Waals surface area contributed by atoms with Gasteiger partial charge in [0.15, 0.2) is 0 Å². The number of carbonyl (C=O) groups excluding carboxylic acids is 2. The van der Waals surface area contributed by atoms with Gasteiger partial charge in [0, 0.05) is 17.8 Å².